The van der Waals surface area contributed by atoms with E-state index in [1.165, 1.54) is 6.07 Å². The highest BCUT2D eigenvalue weighted by Crippen LogP contribution is 2.17. The largest absolute Gasteiger partial charge is 0.381 e. The number of sulfonamides is 1. The molecule has 0 heterocycles. The minimum absolute atomic E-state index is 0.234. The van der Waals surface area contributed by atoms with Crippen LogP contribution in [0.5, 0.6) is 0 Å². The fourth-order valence-electron chi connectivity index (χ4n) is 1.86. The van der Waals surface area contributed by atoms with Crippen LogP contribution in [0.3, 0.4) is 0 Å². The molecule has 0 atom stereocenters. The van der Waals surface area contributed by atoms with Gasteiger partial charge in [0.2, 0.25) is 10.0 Å². The molecule has 0 aliphatic heterocycles. The lowest BCUT2D eigenvalue weighted by atomic mass is 10.1. The van der Waals surface area contributed by atoms with Crippen molar-refractivity contribution in [2.24, 2.45) is 0 Å². The van der Waals surface area contributed by atoms with Crippen molar-refractivity contribution >= 4 is 21.4 Å². The Balaban J connectivity index is 2.06. The summed E-state index contributed by atoms with van der Waals surface area (Å²) < 4.78 is 38.2. The molecule has 0 aliphatic rings. The fourth-order valence-corrected chi connectivity index (χ4v) is 2.41. The molecule has 0 spiro atoms. The van der Waals surface area contributed by atoms with Crippen molar-refractivity contribution in [1.29, 1.82) is 0 Å². The van der Waals surface area contributed by atoms with Crippen molar-refractivity contribution in [3.63, 3.8) is 0 Å². The average molecular weight is 308 g/mol. The molecular formula is C15H17FN2O2S. The van der Waals surface area contributed by atoms with Gasteiger partial charge in [-0.1, -0.05) is 18.2 Å². The molecule has 0 bridgehead atoms. The van der Waals surface area contributed by atoms with Crippen LogP contribution in [-0.2, 0) is 16.6 Å². The van der Waals surface area contributed by atoms with E-state index in [2.05, 4.69) is 10.0 Å². The molecule has 0 radical (unpaired) electrons. The summed E-state index contributed by atoms with van der Waals surface area (Å²) in [5, 5.41) is 3.13. The Bertz CT molecular complexity index is 745. The van der Waals surface area contributed by atoms with Gasteiger partial charge in [-0.05, 0) is 42.3 Å². The molecule has 0 fully saturated rings. The third-order valence-corrected chi connectivity index (χ3v) is 3.51. The molecule has 0 saturated carbocycles. The molecule has 0 aromatic heterocycles. The maximum absolute atomic E-state index is 13.5. The highest BCUT2D eigenvalue weighted by atomic mass is 32.2. The molecule has 4 nitrogen and oxygen atoms in total. The summed E-state index contributed by atoms with van der Waals surface area (Å²) in [4.78, 5) is 0. The summed E-state index contributed by atoms with van der Waals surface area (Å²) in [6.45, 7) is 2.17. The second kappa shape index (κ2) is 6.13. The number of hydrogen-bond donors (Lipinski definition) is 2. The number of rotatable bonds is 5. The van der Waals surface area contributed by atoms with Crippen LogP contribution in [0.25, 0.3) is 0 Å². The molecule has 0 aliphatic carbocycles. The van der Waals surface area contributed by atoms with Gasteiger partial charge >= 0.3 is 0 Å². The third kappa shape index (κ3) is 4.75. The zero-order valence-electron chi connectivity index (χ0n) is 11.9. The summed E-state index contributed by atoms with van der Waals surface area (Å²) in [5.74, 6) is -0.234. The Morgan fingerprint density at radius 3 is 2.48 bits per heavy atom. The van der Waals surface area contributed by atoms with E-state index in [0.717, 1.165) is 17.5 Å². The van der Waals surface area contributed by atoms with Crippen LogP contribution in [0.1, 0.15) is 11.1 Å². The lowest BCUT2D eigenvalue weighted by Gasteiger charge is -2.10. The van der Waals surface area contributed by atoms with Gasteiger partial charge in [-0.25, -0.2) is 12.8 Å². The second-order valence-electron chi connectivity index (χ2n) is 4.89. The van der Waals surface area contributed by atoms with Gasteiger partial charge in [0.25, 0.3) is 0 Å². The molecule has 0 unspecified atom stereocenters. The van der Waals surface area contributed by atoms with Crippen molar-refractivity contribution in [2.75, 3.05) is 16.3 Å². The number of hydrogen-bond acceptors (Lipinski definition) is 3. The third-order valence-electron chi connectivity index (χ3n) is 2.90. The Hall–Kier alpha value is -2.08. The summed E-state index contributed by atoms with van der Waals surface area (Å²) in [6, 6.07) is 12.0. The lowest BCUT2D eigenvalue weighted by molar-refractivity contribution is 0.606. The predicted octanol–water partition coefficient (Wildman–Crippen LogP) is 3.12. The molecule has 2 aromatic rings. The topological polar surface area (TPSA) is 58.2 Å². The van der Waals surface area contributed by atoms with E-state index in [9.17, 15) is 12.8 Å². The highest BCUT2D eigenvalue weighted by Gasteiger charge is 2.03. The van der Waals surface area contributed by atoms with E-state index >= 15 is 0 Å². The molecule has 6 heteroatoms. The zero-order chi connectivity index (χ0) is 15.5. The second-order valence-corrected chi connectivity index (χ2v) is 6.64. The van der Waals surface area contributed by atoms with Gasteiger partial charge in [-0.15, -0.1) is 0 Å². The molecular weight excluding hydrogens is 291 g/mol. The fraction of sp³-hybridized carbons (Fsp3) is 0.200. The standard InChI is InChI=1S/C15H17FN2O2S/c1-11-6-7-12(8-15(11)16)10-17-13-4-3-5-14(9-13)18-21(2,19)20/h3-9,17-18H,10H2,1-2H3. The van der Waals surface area contributed by atoms with Crippen molar-refractivity contribution in [3.05, 3.63) is 59.4 Å². The van der Waals surface area contributed by atoms with Crippen LogP contribution in [-0.4, -0.2) is 14.7 Å². The molecule has 2 rings (SSSR count). The predicted molar refractivity (Wildman–Crippen MR) is 83.4 cm³/mol. The average Bonchev–Trinajstić information content (AvgIpc) is 2.39. The van der Waals surface area contributed by atoms with Crippen LogP contribution in [0, 0.1) is 12.7 Å². The van der Waals surface area contributed by atoms with E-state index in [0.29, 0.717) is 17.8 Å². The van der Waals surface area contributed by atoms with E-state index < -0.39 is 10.0 Å². The Morgan fingerprint density at radius 1 is 1.10 bits per heavy atom. The van der Waals surface area contributed by atoms with Crippen molar-refractivity contribution in [2.45, 2.75) is 13.5 Å². The van der Waals surface area contributed by atoms with Crippen molar-refractivity contribution in [1.82, 2.24) is 0 Å². The van der Waals surface area contributed by atoms with E-state index in [-0.39, 0.29) is 5.82 Å². The summed E-state index contributed by atoms with van der Waals surface area (Å²) >= 11 is 0. The minimum Gasteiger partial charge on any atom is -0.381 e. The maximum atomic E-state index is 13.5. The molecule has 2 N–H and O–H groups in total. The maximum Gasteiger partial charge on any atom is 0.229 e. The smallest absolute Gasteiger partial charge is 0.229 e. The Morgan fingerprint density at radius 2 is 1.81 bits per heavy atom. The quantitative estimate of drug-likeness (QED) is 0.892. The van der Waals surface area contributed by atoms with Gasteiger partial charge in [0.1, 0.15) is 5.82 Å². The van der Waals surface area contributed by atoms with Gasteiger partial charge in [0.15, 0.2) is 0 Å². The molecule has 0 amide bonds. The van der Waals surface area contributed by atoms with Crippen LogP contribution < -0.4 is 10.0 Å². The van der Waals surface area contributed by atoms with E-state index in [4.69, 9.17) is 0 Å². The van der Waals surface area contributed by atoms with Crippen LogP contribution in [0.4, 0.5) is 15.8 Å². The number of halogens is 1. The number of nitrogens with one attached hydrogen (secondary N) is 2. The van der Waals surface area contributed by atoms with E-state index in [1.807, 2.05) is 12.1 Å². The van der Waals surface area contributed by atoms with Gasteiger partial charge in [0.05, 0.1) is 11.9 Å². The van der Waals surface area contributed by atoms with Gasteiger partial charge in [0, 0.05) is 12.2 Å². The van der Waals surface area contributed by atoms with Gasteiger partial charge in [-0.3, -0.25) is 4.72 Å². The molecule has 112 valence electrons. The Labute approximate surface area is 124 Å². The molecule has 2 aromatic carbocycles. The molecule has 21 heavy (non-hydrogen) atoms. The van der Waals surface area contributed by atoms with Gasteiger partial charge < -0.3 is 5.32 Å². The van der Waals surface area contributed by atoms with Crippen molar-refractivity contribution in [3.8, 4) is 0 Å². The summed E-state index contributed by atoms with van der Waals surface area (Å²) in [7, 11) is -3.30. The van der Waals surface area contributed by atoms with Crippen molar-refractivity contribution < 1.29 is 12.8 Å². The first-order valence-corrected chi connectivity index (χ1v) is 8.29. The first kappa shape index (κ1) is 15.3. The number of aryl methyl sites for hydroxylation is 1. The number of anilines is 2. The number of benzene rings is 2. The Kier molecular flexibility index (Phi) is 4.47. The SMILES string of the molecule is Cc1ccc(CNc2cccc(NS(C)(=O)=O)c2)cc1F. The highest BCUT2D eigenvalue weighted by molar-refractivity contribution is 7.92. The van der Waals surface area contributed by atoms with Crippen LogP contribution in [0.15, 0.2) is 42.5 Å². The zero-order valence-corrected chi connectivity index (χ0v) is 12.7. The molecule has 0 saturated heterocycles. The monoisotopic (exact) mass is 308 g/mol. The first-order chi connectivity index (χ1) is 9.83. The van der Waals surface area contributed by atoms with Crippen LogP contribution >= 0.6 is 0 Å². The van der Waals surface area contributed by atoms with Crippen LogP contribution in [0.2, 0.25) is 0 Å². The summed E-state index contributed by atoms with van der Waals surface area (Å²) in [6.07, 6.45) is 1.10. The van der Waals surface area contributed by atoms with E-state index in [1.54, 1.807) is 31.2 Å². The normalized spacial score (nSPS) is 11.2. The first-order valence-electron chi connectivity index (χ1n) is 6.40. The van der Waals surface area contributed by atoms with Gasteiger partial charge in [-0.2, -0.15) is 0 Å². The minimum atomic E-state index is -3.30. The summed E-state index contributed by atoms with van der Waals surface area (Å²) in [5.41, 5.74) is 2.67. The lowest BCUT2D eigenvalue weighted by Crippen LogP contribution is -2.09.